The van der Waals surface area contributed by atoms with Crippen molar-refractivity contribution in [2.24, 2.45) is 0 Å². The zero-order valence-corrected chi connectivity index (χ0v) is 16.1. The third-order valence-electron chi connectivity index (χ3n) is 4.67. The zero-order valence-electron chi connectivity index (χ0n) is 16.1. The second-order valence-corrected chi connectivity index (χ2v) is 7.01. The molecule has 0 spiro atoms. The molecule has 0 saturated carbocycles. The molecular weight excluding hydrogens is 356 g/mol. The molecule has 2 aromatic rings. The van der Waals surface area contributed by atoms with Crippen molar-refractivity contribution in [3.8, 4) is 0 Å². The molecule has 0 aliphatic heterocycles. The average molecular weight is 380 g/mol. The number of ether oxygens (including phenoxy) is 1. The number of fused-ring (bicyclic) bond motifs is 1. The molecule has 2 amide bonds. The van der Waals surface area contributed by atoms with Gasteiger partial charge in [0.1, 0.15) is 0 Å². The van der Waals surface area contributed by atoms with Crippen molar-refractivity contribution in [1.82, 2.24) is 0 Å². The number of aryl methyl sites for hydroxylation is 2. The average Bonchev–Trinajstić information content (AvgIpc) is 3.10. The van der Waals surface area contributed by atoms with E-state index < -0.39 is 12.1 Å². The molecule has 0 heterocycles. The van der Waals surface area contributed by atoms with Gasteiger partial charge in [0.05, 0.1) is 6.42 Å². The first-order chi connectivity index (χ1) is 13.4. The van der Waals surface area contributed by atoms with Crippen molar-refractivity contribution in [1.29, 1.82) is 0 Å². The SMILES string of the molecule is CC(=O)Nc1ccc(CC(=O)O[C@@H](C)C(=O)Nc2ccc3c(c2)CCC3)cc1. The van der Waals surface area contributed by atoms with E-state index in [9.17, 15) is 14.4 Å². The Bertz CT molecular complexity index is 890. The second kappa shape index (κ2) is 8.69. The summed E-state index contributed by atoms with van der Waals surface area (Å²) in [5.74, 6) is -0.994. The quantitative estimate of drug-likeness (QED) is 0.754. The standard InChI is InChI=1S/C22H24N2O4/c1-14(22(27)24-20-11-8-17-4-3-5-18(17)13-20)28-21(26)12-16-6-9-19(10-7-16)23-15(2)25/h6-11,13-14H,3-5,12H2,1-2H3,(H,23,25)(H,24,27)/t14-/m0/s1. The predicted molar refractivity (Wildman–Crippen MR) is 107 cm³/mol. The van der Waals surface area contributed by atoms with Crippen LogP contribution in [-0.2, 0) is 38.4 Å². The van der Waals surface area contributed by atoms with Crippen LogP contribution >= 0.6 is 0 Å². The summed E-state index contributed by atoms with van der Waals surface area (Å²) >= 11 is 0. The molecule has 0 fully saturated rings. The van der Waals surface area contributed by atoms with E-state index >= 15 is 0 Å². The summed E-state index contributed by atoms with van der Waals surface area (Å²) in [6.07, 6.45) is 2.43. The molecule has 1 aliphatic rings. The Morgan fingerprint density at radius 1 is 0.964 bits per heavy atom. The summed E-state index contributed by atoms with van der Waals surface area (Å²) in [5, 5.41) is 5.47. The van der Waals surface area contributed by atoms with Gasteiger partial charge in [-0.05, 0) is 67.1 Å². The highest BCUT2D eigenvalue weighted by Gasteiger charge is 2.19. The molecule has 0 radical (unpaired) electrons. The molecule has 3 rings (SSSR count). The molecule has 146 valence electrons. The molecule has 0 unspecified atom stereocenters. The first-order valence-corrected chi connectivity index (χ1v) is 9.39. The summed E-state index contributed by atoms with van der Waals surface area (Å²) in [5.41, 5.74) is 4.73. The molecule has 0 aromatic heterocycles. The number of carbonyl (C=O) groups excluding carboxylic acids is 3. The molecular formula is C22H24N2O4. The van der Waals surface area contributed by atoms with Crippen LogP contribution in [0.2, 0.25) is 0 Å². The lowest BCUT2D eigenvalue weighted by molar-refractivity contribution is -0.152. The Balaban J connectivity index is 1.50. The lowest BCUT2D eigenvalue weighted by Crippen LogP contribution is -2.30. The highest BCUT2D eigenvalue weighted by atomic mass is 16.5. The van der Waals surface area contributed by atoms with Crippen molar-refractivity contribution in [2.45, 2.75) is 45.6 Å². The van der Waals surface area contributed by atoms with Crippen LogP contribution < -0.4 is 10.6 Å². The van der Waals surface area contributed by atoms with E-state index in [2.05, 4.69) is 10.6 Å². The number of amides is 2. The molecule has 6 nitrogen and oxygen atoms in total. The highest BCUT2D eigenvalue weighted by Crippen LogP contribution is 2.25. The molecule has 2 aromatic carbocycles. The Hall–Kier alpha value is -3.15. The van der Waals surface area contributed by atoms with Crippen molar-refractivity contribution >= 4 is 29.2 Å². The van der Waals surface area contributed by atoms with Crippen LogP contribution in [0.15, 0.2) is 42.5 Å². The summed E-state index contributed by atoms with van der Waals surface area (Å²) < 4.78 is 5.26. The van der Waals surface area contributed by atoms with Gasteiger partial charge < -0.3 is 15.4 Å². The third kappa shape index (κ3) is 5.19. The number of benzene rings is 2. The van der Waals surface area contributed by atoms with Gasteiger partial charge in [-0.3, -0.25) is 14.4 Å². The maximum atomic E-state index is 12.3. The number of carbonyl (C=O) groups is 3. The van der Waals surface area contributed by atoms with Crippen molar-refractivity contribution in [2.75, 3.05) is 10.6 Å². The van der Waals surface area contributed by atoms with E-state index in [-0.39, 0.29) is 18.2 Å². The summed E-state index contributed by atoms with van der Waals surface area (Å²) in [6.45, 7) is 2.99. The van der Waals surface area contributed by atoms with E-state index in [0.29, 0.717) is 5.69 Å². The van der Waals surface area contributed by atoms with E-state index in [1.165, 1.54) is 18.1 Å². The number of hydrogen-bond donors (Lipinski definition) is 2. The van der Waals surface area contributed by atoms with Crippen molar-refractivity contribution in [3.63, 3.8) is 0 Å². The van der Waals surface area contributed by atoms with Crippen LogP contribution in [0.5, 0.6) is 0 Å². The van der Waals surface area contributed by atoms with Crippen LogP contribution in [0.4, 0.5) is 11.4 Å². The molecule has 1 aliphatic carbocycles. The summed E-state index contributed by atoms with van der Waals surface area (Å²) in [6, 6.07) is 12.8. The molecule has 0 bridgehead atoms. The minimum Gasteiger partial charge on any atom is -0.452 e. The number of hydrogen-bond acceptors (Lipinski definition) is 4. The fraction of sp³-hybridized carbons (Fsp3) is 0.318. The normalized spacial score (nSPS) is 13.4. The van der Waals surface area contributed by atoms with Gasteiger partial charge in [-0.2, -0.15) is 0 Å². The Morgan fingerprint density at radius 2 is 1.64 bits per heavy atom. The maximum Gasteiger partial charge on any atom is 0.311 e. The van der Waals surface area contributed by atoms with E-state index in [1.54, 1.807) is 31.2 Å². The van der Waals surface area contributed by atoms with Gasteiger partial charge in [-0.15, -0.1) is 0 Å². The number of rotatable bonds is 6. The fourth-order valence-corrected chi connectivity index (χ4v) is 3.26. The molecule has 1 atom stereocenters. The van der Waals surface area contributed by atoms with Gasteiger partial charge in [0.2, 0.25) is 5.91 Å². The molecule has 2 N–H and O–H groups in total. The maximum absolute atomic E-state index is 12.3. The number of esters is 1. The Kier molecular flexibility index (Phi) is 6.09. The first-order valence-electron chi connectivity index (χ1n) is 9.39. The van der Waals surface area contributed by atoms with Gasteiger partial charge in [0.15, 0.2) is 6.10 Å². The molecule has 0 saturated heterocycles. The van der Waals surface area contributed by atoms with Gasteiger partial charge in [0.25, 0.3) is 5.91 Å². The van der Waals surface area contributed by atoms with Crippen LogP contribution in [-0.4, -0.2) is 23.9 Å². The third-order valence-corrected chi connectivity index (χ3v) is 4.67. The van der Waals surface area contributed by atoms with Crippen LogP contribution in [0.3, 0.4) is 0 Å². The second-order valence-electron chi connectivity index (χ2n) is 7.01. The number of anilines is 2. The first kappa shape index (κ1) is 19.6. The van der Waals surface area contributed by atoms with Crippen molar-refractivity contribution < 1.29 is 19.1 Å². The summed E-state index contributed by atoms with van der Waals surface area (Å²) in [4.78, 5) is 35.5. The van der Waals surface area contributed by atoms with E-state index in [0.717, 1.165) is 30.5 Å². The fourth-order valence-electron chi connectivity index (χ4n) is 3.26. The minimum absolute atomic E-state index is 0.0524. The highest BCUT2D eigenvalue weighted by molar-refractivity contribution is 5.95. The lowest BCUT2D eigenvalue weighted by atomic mass is 10.1. The van der Waals surface area contributed by atoms with Crippen LogP contribution in [0.1, 0.15) is 37.0 Å². The summed E-state index contributed by atoms with van der Waals surface area (Å²) in [7, 11) is 0. The zero-order chi connectivity index (χ0) is 20.1. The Labute approximate surface area is 164 Å². The smallest absolute Gasteiger partial charge is 0.311 e. The van der Waals surface area contributed by atoms with Gasteiger partial charge in [0, 0.05) is 18.3 Å². The van der Waals surface area contributed by atoms with E-state index in [4.69, 9.17) is 4.74 Å². The molecule has 28 heavy (non-hydrogen) atoms. The molecule has 6 heteroatoms. The van der Waals surface area contributed by atoms with Gasteiger partial charge >= 0.3 is 5.97 Å². The topological polar surface area (TPSA) is 84.5 Å². The van der Waals surface area contributed by atoms with Crippen LogP contribution in [0.25, 0.3) is 0 Å². The van der Waals surface area contributed by atoms with Gasteiger partial charge in [-0.1, -0.05) is 18.2 Å². The monoisotopic (exact) mass is 380 g/mol. The van der Waals surface area contributed by atoms with Crippen LogP contribution in [0, 0.1) is 0 Å². The lowest BCUT2D eigenvalue weighted by Gasteiger charge is -2.14. The van der Waals surface area contributed by atoms with Gasteiger partial charge in [-0.25, -0.2) is 0 Å². The minimum atomic E-state index is -0.889. The predicted octanol–water partition coefficient (Wildman–Crippen LogP) is 3.25. The van der Waals surface area contributed by atoms with E-state index in [1.807, 2.05) is 18.2 Å². The number of nitrogens with one attached hydrogen (secondary N) is 2. The largest absolute Gasteiger partial charge is 0.452 e. The Morgan fingerprint density at radius 3 is 2.36 bits per heavy atom. The van der Waals surface area contributed by atoms with Crippen molar-refractivity contribution in [3.05, 3.63) is 59.2 Å².